The molecule has 1 N–H and O–H groups in total. The number of hydrogen-bond donors (Lipinski definition) is 1. The second-order valence-electron chi connectivity index (χ2n) is 5.31. The van der Waals surface area contributed by atoms with E-state index in [-0.39, 0.29) is 12.0 Å². The number of nitrogens with one attached hydrogen (secondary N) is 1. The van der Waals surface area contributed by atoms with E-state index in [1.807, 2.05) is 0 Å². The molecule has 0 saturated heterocycles. The van der Waals surface area contributed by atoms with Gasteiger partial charge in [0, 0.05) is 0 Å². The second kappa shape index (κ2) is 5.99. The van der Waals surface area contributed by atoms with Crippen LogP contribution in [0.1, 0.15) is 40.0 Å². The molecule has 2 nitrogen and oxygen atoms in total. The van der Waals surface area contributed by atoms with E-state index in [0.29, 0.717) is 17.8 Å². The number of rotatable bonds is 2. The van der Waals surface area contributed by atoms with Gasteiger partial charge < -0.3 is 4.74 Å². The fourth-order valence-electron chi connectivity index (χ4n) is 2.47. The van der Waals surface area contributed by atoms with E-state index in [1.54, 1.807) is 0 Å². The Balaban J connectivity index is 2.67. The molecule has 17 heavy (non-hydrogen) atoms. The molecule has 0 bridgehead atoms. The van der Waals surface area contributed by atoms with Crippen LogP contribution in [0.15, 0.2) is 0 Å². The lowest BCUT2D eigenvalue weighted by Crippen LogP contribution is -2.38. The van der Waals surface area contributed by atoms with Crippen molar-refractivity contribution in [3.05, 3.63) is 0 Å². The SMILES string of the molecule is CC1CCC(C(C)C)C(OC(=N)C(Cl)(Cl)Cl)C1. The van der Waals surface area contributed by atoms with Crippen LogP contribution in [0.2, 0.25) is 0 Å². The Hall–Kier alpha value is 0.340. The molecule has 3 atom stereocenters. The topological polar surface area (TPSA) is 33.1 Å². The fraction of sp³-hybridized carbons (Fsp3) is 0.917. The van der Waals surface area contributed by atoms with Crippen molar-refractivity contribution >= 4 is 40.7 Å². The standard InChI is InChI=1S/C12H20Cl3NO/c1-7(2)9-5-4-8(3)6-10(9)17-11(16)12(13,14)15/h7-10,16H,4-6H2,1-3H3. The second-order valence-corrected chi connectivity index (χ2v) is 7.59. The maximum Gasteiger partial charge on any atom is 0.265 e. The highest BCUT2D eigenvalue weighted by Gasteiger charge is 2.37. The van der Waals surface area contributed by atoms with Crippen molar-refractivity contribution in [2.45, 2.75) is 49.9 Å². The molecule has 1 fully saturated rings. The largest absolute Gasteiger partial charge is 0.474 e. The molecule has 0 aromatic carbocycles. The average Bonchev–Trinajstić information content (AvgIpc) is 2.15. The van der Waals surface area contributed by atoms with E-state index in [1.165, 1.54) is 6.42 Å². The molecule has 0 aromatic rings. The van der Waals surface area contributed by atoms with Crippen LogP contribution in [0.4, 0.5) is 0 Å². The van der Waals surface area contributed by atoms with Crippen LogP contribution in [0.3, 0.4) is 0 Å². The lowest BCUT2D eigenvalue weighted by Gasteiger charge is -2.37. The van der Waals surface area contributed by atoms with E-state index >= 15 is 0 Å². The lowest BCUT2D eigenvalue weighted by molar-refractivity contribution is 0.0346. The van der Waals surface area contributed by atoms with Crippen LogP contribution in [0.25, 0.3) is 0 Å². The highest BCUT2D eigenvalue weighted by Crippen LogP contribution is 2.37. The zero-order valence-corrected chi connectivity index (χ0v) is 12.7. The van der Waals surface area contributed by atoms with Crippen LogP contribution in [-0.4, -0.2) is 15.8 Å². The summed E-state index contributed by atoms with van der Waals surface area (Å²) < 4.78 is 3.84. The van der Waals surface area contributed by atoms with E-state index < -0.39 is 3.79 Å². The van der Waals surface area contributed by atoms with Crippen molar-refractivity contribution in [1.29, 1.82) is 5.41 Å². The Morgan fingerprint density at radius 1 is 1.29 bits per heavy atom. The summed E-state index contributed by atoms with van der Waals surface area (Å²) in [5.41, 5.74) is 0. The van der Waals surface area contributed by atoms with Crippen LogP contribution in [-0.2, 0) is 4.74 Å². The van der Waals surface area contributed by atoms with Gasteiger partial charge in [-0.3, -0.25) is 5.41 Å². The lowest BCUT2D eigenvalue weighted by atomic mass is 9.75. The first-order valence-electron chi connectivity index (χ1n) is 6.04. The zero-order valence-electron chi connectivity index (χ0n) is 10.5. The summed E-state index contributed by atoms with van der Waals surface area (Å²) in [7, 11) is 0. The van der Waals surface area contributed by atoms with Crippen molar-refractivity contribution < 1.29 is 4.74 Å². The summed E-state index contributed by atoms with van der Waals surface area (Å²) in [5.74, 6) is 1.32. The Labute approximate surface area is 118 Å². The maximum absolute atomic E-state index is 7.66. The summed E-state index contributed by atoms with van der Waals surface area (Å²) in [5, 5.41) is 7.66. The molecule has 0 spiro atoms. The summed E-state index contributed by atoms with van der Waals surface area (Å²) in [4.78, 5) is 0. The third-order valence-electron chi connectivity index (χ3n) is 3.49. The number of halogens is 3. The molecule has 0 aromatic heterocycles. The predicted molar refractivity (Wildman–Crippen MR) is 74.2 cm³/mol. The molecule has 1 aliphatic carbocycles. The minimum Gasteiger partial charge on any atom is -0.474 e. The van der Waals surface area contributed by atoms with Crippen molar-refractivity contribution in [3.63, 3.8) is 0 Å². The van der Waals surface area contributed by atoms with Crippen LogP contribution >= 0.6 is 34.8 Å². The first-order chi connectivity index (χ1) is 7.71. The molecule has 1 saturated carbocycles. The quantitative estimate of drug-likeness (QED) is 0.443. The number of alkyl halides is 3. The fourth-order valence-corrected chi connectivity index (χ4v) is 2.60. The first-order valence-corrected chi connectivity index (χ1v) is 7.17. The van der Waals surface area contributed by atoms with E-state index in [0.717, 1.165) is 12.8 Å². The van der Waals surface area contributed by atoms with Crippen molar-refractivity contribution in [2.75, 3.05) is 0 Å². The van der Waals surface area contributed by atoms with Gasteiger partial charge in [-0.25, -0.2) is 0 Å². The Morgan fingerprint density at radius 2 is 1.88 bits per heavy atom. The minimum absolute atomic E-state index is 0.00174. The highest BCUT2D eigenvalue weighted by molar-refractivity contribution is 6.76. The van der Waals surface area contributed by atoms with E-state index in [4.69, 9.17) is 44.9 Å². The molecule has 5 heteroatoms. The zero-order chi connectivity index (χ0) is 13.2. The summed E-state index contributed by atoms with van der Waals surface area (Å²) in [6.45, 7) is 6.55. The van der Waals surface area contributed by atoms with Crippen LogP contribution in [0.5, 0.6) is 0 Å². The maximum atomic E-state index is 7.66. The Morgan fingerprint density at radius 3 is 2.35 bits per heavy atom. The normalized spacial score (nSPS) is 30.4. The average molecular weight is 301 g/mol. The third-order valence-corrected chi connectivity index (χ3v) is 4.00. The molecule has 0 heterocycles. The third kappa shape index (κ3) is 4.50. The first kappa shape index (κ1) is 15.4. The van der Waals surface area contributed by atoms with Gasteiger partial charge in [0.25, 0.3) is 3.79 Å². The summed E-state index contributed by atoms with van der Waals surface area (Å²) in [6.07, 6.45) is 3.27. The van der Waals surface area contributed by atoms with Gasteiger partial charge in [-0.2, -0.15) is 0 Å². The Kier molecular flexibility index (Phi) is 5.42. The van der Waals surface area contributed by atoms with Crippen LogP contribution in [0, 0.1) is 23.2 Å². The molecular formula is C12H20Cl3NO. The molecule has 1 rings (SSSR count). The van der Waals surface area contributed by atoms with Crippen LogP contribution < -0.4 is 0 Å². The van der Waals surface area contributed by atoms with E-state index in [9.17, 15) is 0 Å². The minimum atomic E-state index is -1.75. The molecule has 1 aliphatic rings. The molecule has 0 radical (unpaired) electrons. The number of hydrogen-bond acceptors (Lipinski definition) is 2. The van der Waals surface area contributed by atoms with Gasteiger partial charge in [-0.1, -0.05) is 62.0 Å². The number of ether oxygens (including phenoxy) is 1. The Bertz CT molecular complexity index is 275. The van der Waals surface area contributed by atoms with Gasteiger partial charge in [0.05, 0.1) is 0 Å². The van der Waals surface area contributed by atoms with Crippen molar-refractivity contribution in [2.24, 2.45) is 17.8 Å². The van der Waals surface area contributed by atoms with Gasteiger partial charge >= 0.3 is 0 Å². The predicted octanol–water partition coefficient (Wildman–Crippen LogP) is 4.81. The molecular weight excluding hydrogens is 280 g/mol. The molecule has 100 valence electrons. The smallest absolute Gasteiger partial charge is 0.265 e. The van der Waals surface area contributed by atoms with Crippen molar-refractivity contribution in [1.82, 2.24) is 0 Å². The van der Waals surface area contributed by atoms with Gasteiger partial charge in [-0.05, 0) is 30.6 Å². The van der Waals surface area contributed by atoms with Gasteiger partial charge in [0.1, 0.15) is 6.10 Å². The van der Waals surface area contributed by atoms with Gasteiger partial charge in [0.15, 0.2) is 0 Å². The van der Waals surface area contributed by atoms with Gasteiger partial charge in [-0.15, -0.1) is 0 Å². The summed E-state index contributed by atoms with van der Waals surface area (Å²) in [6, 6.07) is 0. The molecule has 0 amide bonds. The molecule has 0 aliphatic heterocycles. The summed E-state index contributed by atoms with van der Waals surface area (Å²) >= 11 is 16.9. The van der Waals surface area contributed by atoms with Gasteiger partial charge in [0.2, 0.25) is 5.90 Å². The monoisotopic (exact) mass is 299 g/mol. The molecule has 3 unspecified atom stereocenters. The highest BCUT2D eigenvalue weighted by atomic mass is 35.6. The van der Waals surface area contributed by atoms with E-state index in [2.05, 4.69) is 20.8 Å². The van der Waals surface area contributed by atoms with Crippen molar-refractivity contribution in [3.8, 4) is 0 Å².